The highest BCUT2D eigenvalue weighted by Crippen LogP contribution is 2.29. The average Bonchev–Trinajstić information content (AvgIpc) is 2.17. The molecule has 0 aliphatic heterocycles. The molecule has 0 saturated heterocycles. The van der Waals surface area contributed by atoms with E-state index in [2.05, 4.69) is 0 Å². The second-order valence-electron chi connectivity index (χ2n) is 4.10. The summed E-state index contributed by atoms with van der Waals surface area (Å²) in [6, 6.07) is 5.68. The molecular formula is C13H18O3. The molecule has 0 spiro atoms. The Morgan fingerprint density at radius 1 is 1.31 bits per heavy atom. The van der Waals surface area contributed by atoms with Crippen molar-refractivity contribution in [3.05, 3.63) is 34.9 Å². The van der Waals surface area contributed by atoms with Gasteiger partial charge in [-0.05, 0) is 37.0 Å². The van der Waals surface area contributed by atoms with E-state index >= 15 is 0 Å². The van der Waals surface area contributed by atoms with Crippen molar-refractivity contribution in [1.82, 2.24) is 0 Å². The Hall–Kier alpha value is -1.35. The fraction of sp³-hybridized carbons (Fsp3) is 0.462. The zero-order valence-electron chi connectivity index (χ0n) is 9.90. The van der Waals surface area contributed by atoms with Gasteiger partial charge in [-0.2, -0.15) is 0 Å². The van der Waals surface area contributed by atoms with Gasteiger partial charge in [0.05, 0.1) is 12.0 Å². The minimum Gasteiger partial charge on any atom is -0.481 e. The third-order valence-corrected chi connectivity index (χ3v) is 2.98. The van der Waals surface area contributed by atoms with Gasteiger partial charge in [-0.3, -0.25) is 4.79 Å². The Morgan fingerprint density at radius 3 is 2.19 bits per heavy atom. The number of aliphatic hydroxyl groups is 1. The fourth-order valence-corrected chi connectivity index (χ4v) is 2.03. The number of carboxylic acids is 1. The maximum absolute atomic E-state index is 11.0. The molecule has 16 heavy (non-hydrogen) atoms. The van der Waals surface area contributed by atoms with Gasteiger partial charge in [0.2, 0.25) is 0 Å². The lowest BCUT2D eigenvalue weighted by atomic mass is 9.88. The number of aliphatic hydroxyl groups excluding tert-OH is 1. The normalized spacial score (nSPS) is 14.5. The molecular weight excluding hydrogens is 204 g/mol. The van der Waals surface area contributed by atoms with Crippen LogP contribution in [0.2, 0.25) is 0 Å². The highest BCUT2D eigenvalue weighted by Gasteiger charge is 2.27. The second kappa shape index (κ2) is 5.12. The molecule has 2 atom stereocenters. The molecule has 0 fully saturated rings. The van der Waals surface area contributed by atoms with Gasteiger partial charge in [-0.25, -0.2) is 0 Å². The summed E-state index contributed by atoms with van der Waals surface area (Å²) < 4.78 is 0. The molecule has 0 saturated carbocycles. The predicted molar refractivity (Wildman–Crippen MR) is 62.3 cm³/mol. The van der Waals surface area contributed by atoms with Crippen LogP contribution in [0.1, 0.15) is 36.1 Å². The van der Waals surface area contributed by atoms with Crippen LogP contribution >= 0.6 is 0 Å². The minimum absolute atomic E-state index is 0.421. The van der Waals surface area contributed by atoms with E-state index in [1.807, 2.05) is 32.0 Å². The number of hydrogen-bond acceptors (Lipinski definition) is 2. The lowest BCUT2D eigenvalue weighted by Crippen LogP contribution is -2.22. The number of carbonyl (C=O) groups is 1. The summed E-state index contributed by atoms with van der Waals surface area (Å²) >= 11 is 0. The highest BCUT2D eigenvalue weighted by molar-refractivity contribution is 5.71. The van der Waals surface area contributed by atoms with Gasteiger partial charge < -0.3 is 10.2 Å². The van der Waals surface area contributed by atoms with Crippen molar-refractivity contribution in [2.45, 2.75) is 33.3 Å². The lowest BCUT2D eigenvalue weighted by Gasteiger charge is -2.21. The molecule has 0 amide bonds. The first-order valence-electron chi connectivity index (χ1n) is 5.46. The third kappa shape index (κ3) is 2.42. The SMILES string of the molecule is CCC(C(=O)O)C(O)c1c(C)cccc1C. The van der Waals surface area contributed by atoms with Gasteiger partial charge in [0.25, 0.3) is 0 Å². The largest absolute Gasteiger partial charge is 0.481 e. The van der Waals surface area contributed by atoms with Gasteiger partial charge >= 0.3 is 5.97 Å². The van der Waals surface area contributed by atoms with Crippen molar-refractivity contribution in [3.63, 3.8) is 0 Å². The first kappa shape index (κ1) is 12.7. The van der Waals surface area contributed by atoms with Crippen molar-refractivity contribution < 1.29 is 15.0 Å². The monoisotopic (exact) mass is 222 g/mol. The quantitative estimate of drug-likeness (QED) is 0.822. The third-order valence-electron chi connectivity index (χ3n) is 2.98. The summed E-state index contributed by atoms with van der Waals surface area (Å²) in [6.07, 6.45) is -0.506. The van der Waals surface area contributed by atoms with Crippen LogP contribution in [0.15, 0.2) is 18.2 Å². The van der Waals surface area contributed by atoms with E-state index in [1.165, 1.54) is 0 Å². The van der Waals surface area contributed by atoms with Crippen molar-refractivity contribution >= 4 is 5.97 Å². The Labute approximate surface area is 95.7 Å². The standard InChI is InChI=1S/C13H18O3/c1-4-10(13(15)16)12(14)11-8(2)6-5-7-9(11)3/h5-7,10,12,14H,4H2,1-3H3,(H,15,16). The lowest BCUT2D eigenvalue weighted by molar-refractivity contribution is -0.146. The van der Waals surface area contributed by atoms with E-state index < -0.39 is 18.0 Å². The molecule has 3 nitrogen and oxygen atoms in total. The van der Waals surface area contributed by atoms with Crippen LogP contribution in [-0.4, -0.2) is 16.2 Å². The van der Waals surface area contributed by atoms with E-state index in [0.29, 0.717) is 6.42 Å². The molecule has 1 aromatic carbocycles. The highest BCUT2D eigenvalue weighted by atomic mass is 16.4. The molecule has 0 aliphatic carbocycles. The zero-order valence-corrected chi connectivity index (χ0v) is 9.90. The molecule has 88 valence electrons. The van der Waals surface area contributed by atoms with Gasteiger partial charge in [-0.1, -0.05) is 25.1 Å². The molecule has 0 aromatic heterocycles. The maximum Gasteiger partial charge on any atom is 0.309 e. The number of carboxylic acid groups (broad SMARTS) is 1. The van der Waals surface area contributed by atoms with E-state index in [-0.39, 0.29) is 0 Å². The maximum atomic E-state index is 11.0. The molecule has 0 aliphatic rings. The average molecular weight is 222 g/mol. The number of aliphatic carboxylic acids is 1. The zero-order chi connectivity index (χ0) is 12.3. The predicted octanol–water partition coefficient (Wildman–Crippen LogP) is 2.45. The molecule has 3 heteroatoms. The smallest absolute Gasteiger partial charge is 0.309 e. The molecule has 0 heterocycles. The summed E-state index contributed by atoms with van der Waals surface area (Å²) in [7, 11) is 0. The van der Waals surface area contributed by atoms with Crippen molar-refractivity contribution in [2.75, 3.05) is 0 Å². The topological polar surface area (TPSA) is 57.5 Å². The van der Waals surface area contributed by atoms with Gasteiger partial charge in [0.15, 0.2) is 0 Å². The Morgan fingerprint density at radius 2 is 1.81 bits per heavy atom. The van der Waals surface area contributed by atoms with Crippen molar-refractivity contribution in [3.8, 4) is 0 Å². The van der Waals surface area contributed by atoms with Gasteiger partial charge in [0.1, 0.15) is 0 Å². The van der Waals surface area contributed by atoms with Crippen LogP contribution in [-0.2, 0) is 4.79 Å². The van der Waals surface area contributed by atoms with Gasteiger partial charge in [0, 0.05) is 0 Å². The minimum atomic E-state index is -0.947. The molecule has 0 radical (unpaired) electrons. The second-order valence-corrected chi connectivity index (χ2v) is 4.10. The van der Waals surface area contributed by atoms with E-state index in [9.17, 15) is 9.90 Å². The Kier molecular flexibility index (Phi) is 4.07. The fourth-order valence-electron chi connectivity index (χ4n) is 2.03. The summed E-state index contributed by atoms with van der Waals surface area (Å²) in [5.41, 5.74) is 2.62. The Balaban J connectivity index is 3.12. The van der Waals surface area contributed by atoms with E-state index in [1.54, 1.807) is 6.92 Å². The van der Waals surface area contributed by atoms with Crippen LogP contribution in [0.5, 0.6) is 0 Å². The Bertz CT molecular complexity index is 365. The van der Waals surface area contributed by atoms with Crippen LogP contribution in [0.4, 0.5) is 0 Å². The van der Waals surface area contributed by atoms with E-state index in [0.717, 1.165) is 16.7 Å². The first-order valence-corrected chi connectivity index (χ1v) is 5.46. The van der Waals surface area contributed by atoms with Crippen LogP contribution in [0.25, 0.3) is 0 Å². The summed E-state index contributed by atoms with van der Waals surface area (Å²) in [5.74, 6) is -1.68. The van der Waals surface area contributed by atoms with Crippen molar-refractivity contribution in [1.29, 1.82) is 0 Å². The first-order chi connectivity index (χ1) is 7.49. The number of aryl methyl sites for hydroxylation is 2. The van der Waals surface area contributed by atoms with Crippen LogP contribution < -0.4 is 0 Å². The molecule has 0 bridgehead atoms. The molecule has 1 rings (SSSR count). The molecule has 2 unspecified atom stereocenters. The summed E-state index contributed by atoms with van der Waals surface area (Å²) in [6.45, 7) is 5.55. The summed E-state index contributed by atoms with van der Waals surface area (Å²) in [4.78, 5) is 11.0. The molecule has 2 N–H and O–H groups in total. The molecule has 1 aromatic rings. The van der Waals surface area contributed by atoms with Gasteiger partial charge in [-0.15, -0.1) is 0 Å². The number of hydrogen-bond donors (Lipinski definition) is 2. The van der Waals surface area contributed by atoms with E-state index in [4.69, 9.17) is 5.11 Å². The van der Waals surface area contributed by atoms with Crippen molar-refractivity contribution in [2.24, 2.45) is 5.92 Å². The summed E-state index contributed by atoms with van der Waals surface area (Å²) in [5, 5.41) is 19.2. The number of rotatable bonds is 4. The van der Waals surface area contributed by atoms with Crippen LogP contribution in [0, 0.1) is 19.8 Å². The van der Waals surface area contributed by atoms with Crippen LogP contribution in [0.3, 0.4) is 0 Å². The number of benzene rings is 1.